The van der Waals surface area contributed by atoms with Crippen molar-refractivity contribution in [2.24, 2.45) is 0 Å². The third-order valence-corrected chi connectivity index (χ3v) is 6.17. The van der Waals surface area contributed by atoms with Crippen LogP contribution in [0, 0.1) is 5.82 Å². The molecule has 1 aliphatic heterocycles. The van der Waals surface area contributed by atoms with Gasteiger partial charge in [-0.2, -0.15) is 0 Å². The summed E-state index contributed by atoms with van der Waals surface area (Å²) in [5.41, 5.74) is 1.45. The molecule has 3 rings (SSSR count). The molecule has 1 aliphatic rings. The van der Waals surface area contributed by atoms with E-state index in [9.17, 15) is 18.8 Å². The second-order valence-corrected chi connectivity index (χ2v) is 9.00. The van der Waals surface area contributed by atoms with Gasteiger partial charge in [0.05, 0.1) is 20.5 Å². The number of carbonyl (C=O) groups excluding carboxylic acids is 3. The summed E-state index contributed by atoms with van der Waals surface area (Å²) in [6.45, 7) is 1.64. The van der Waals surface area contributed by atoms with Crippen LogP contribution in [0.2, 0.25) is 0 Å². The van der Waals surface area contributed by atoms with Gasteiger partial charge in [-0.15, -0.1) is 0 Å². The molecule has 10 heteroatoms. The number of rotatable bonds is 7. The summed E-state index contributed by atoms with van der Waals surface area (Å²) < 4.78 is 24.9. The van der Waals surface area contributed by atoms with E-state index < -0.39 is 23.7 Å². The van der Waals surface area contributed by atoms with E-state index in [4.69, 9.17) is 9.47 Å². The first-order valence-electron chi connectivity index (χ1n) is 9.05. The van der Waals surface area contributed by atoms with Crippen molar-refractivity contribution in [1.29, 1.82) is 0 Å². The Hall–Kier alpha value is -2.17. The number of hydrogen-bond donors (Lipinski definition) is 0. The molecule has 0 spiro atoms. The molecule has 0 saturated carbocycles. The summed E-state index contributed by atoms with van der Waals surface area (Å²) >= 11 is 7.65. The summed E-state index contributed by atoms with van der Waals surface area (Å²) in [6.07, 6.45) is 1.56. The topological polar surface area (TPSA) is 72.9 Å². The molecule has 0 atom stereocenters. The van der Waals surface area contributed by atoms with Crippen molar-refractivity contribution in [2.75, 3.05) is 13.2 Å². The third-order valence-electron chi connectivity index (χ3n) is 4.08. The average Bonchev–Trinajstić information content (AvgIpc) is 2.96. The van der Waals surface area contributed by atoms with E-state index in [0.29, 0.717) is 20.3 Å². The lowest BCUT2D eigenvalue weighted by Gasteiger charge is -2.12. The minimum atomic E-state index is -0.640. The number of halogens is 3. The number of carbonyl (C=O) groups is 3. The maximum Gasteiger partial charge on any atom is 0.326 e. The number of benzene rings is 2. The maximum atomic E-state index is 13.0. The minimum Gasteiger partial charge on any atom is -0.487 e. The molecular formula is C21H16Br2FNO5S. The zero-order chi connectivity index (χ0) is 22.5. The first-order chi connectivity index (χ1) is 14.8. The van der Waals surface area contributed by atoms with Crippen LogP contribution in [-0.4, -0.2) is 35.2 Å². The predicted molar refractivity (Wildman–Crippen MR) is 122 cm³/mol. The van der Waals surface area contributed by atoms with Crippen LogP contribution in [-0.2, 0) is 20.9 Å². The zero-order valence-electron chi connectivity index (χ0n) is 16.2. The fourth-order valence-electron chi connectivity index (χ4n) is 2.66. The lowest BCUT2D eigenvalue weighted by molar-refractivity contribution is -0.145. The Labute approximate surface area is 199 Å². The van der Waals surface area contributed by atoms with Crippen LogP contribution in [0.3, 0.4) is 0 Å². The van der Waals surface area contributed by atoms with Crippen LogP contribution in [0.15, 0.2) is 50.2 Å². The molecule has 0 bridgehead atoms. The molecule has 1 heterocycles. The maximum absolute atomic E-state index is 13.0. The van der Waals surface area contributed by atoms with Crippen molar-refractivity contribution in [3.05, 3.63) is 67.2 Å². The number of nitrogens with zero attached hydrogens (tertiary/aromatic N) is 1. The van der Waals surface area contributed by atoms with Crippen LogP contribution < -0.4 is 4.74 Å². The highest BCUT2D eigenvalue weighted by Crippen LogP contribution is 2.38. The first-order valence-corrected chi connectivity index (χ1v) is 11.5. The number of amides is 2. The molecule has 1 fully saturated rings. The molecule has 0 unspecified atom stereocenters. The monoisotopic (exact) mass is 571 g/mol. The van der Waals surface area contributed by atoms with E-state index in [1.165, 1.54) is 12.1 Å². The highest BCUT2D eigenvalue weighted by Gasteiger charge is 2.36. The van der Waals surface area contributed by atoms with Crippen molar-refractivity contribution in [3.63, 3.8) is 0 Å². The van der Waals surface area contributed by atoms with Gasteiger partial charge in [0.1, 0.15) is 24.7 Å². The third kappa shape index (κ3) is 5.96. The SMILES string of the molecule is CCOC(=O)CN1C(=O)S/C(=C\c2cc(Br)c(OCc3ccc(F)cc3)c(Br)c2)C1=O. The molecule has 0 aromatic heterocycles. The van der Waals surface area contributed by atoms with Gasteiger partial charge in [-0.3, -0.25) is 19.3 Å². The normalized spacial score (nSPS) is 15.0. The quantitative estimate of drug-likeness (QED) is 0.321. The highest BCUT2D eigenvalue weighted by atomic mass is 79.9. The molecule has 31 heavy (non-hydrogen) atoms. The second-order valence-electron chi connectivity index (χ2n) is 6.30. The fraction of sp³-hybridized carbons (Fsp3) is 0.190. The molecule has 2 aromatic carbocycles. The summed E-state index contributed by atoms with van der Waals surface area (Å²) in [6, 6.07) is 9.48. The first kappa shape index (κ1) is 23.5. The Morgan fingerprint density at radius 2 is 1.81 bits per heavy atom. The largest absolute Gasteiger partial charge is 0.487 e. The van der Waals surface area contributed by atoms with E-state index in [1.807, 2.05) is 0 Å². The molecule has 1 saturated heterocycles. The smallest absolute Gasteiger partial charge is 0.326 e. The minimum absolute atomic E-state index is 0.169. The van der Waals surface area contributed by atoms with Crippen LogP contribution in [0.25, 0.3) is 6.08 Å². The van der Waals surface area contributed by atoms with E-state index in [1.54, 1.807) is 37.3 Å². The predicted octanol–water partition coefficient (Wildman–Crippen LogP) is 5.53. The summed E-state index contributed by atoms with van der Waals surface area (Å²) in [5.74, 6) is -0.967. The van der Waals surface area contributed by atoms with Crippen molar-refractivity contribution >= 4 is 66.8 Å². The summed E-state index contributed by atoms with van der Waals surface area (Å²) in [7, 11) is 0. The lowest BCUT2D eigenvalue weighted by atomic mass is 10.2. The van der Waals surface area contributed by atoms with Crippen LogP contribution in [0.5, 0.6) is 5.75 Å². The average molecular weight is 573 g/mol. The summed E-state index contributed by atoms with van der Waals surface area (Å²) in [5, 5.41) is -0.526. The zero-order valence-corrected chi connectivity index (χ0v) is 20.2. The van der Waals surface area contributed by atoms with Crippen LogP contribution >= 0.6 is 43.6 Å². The standard InChI is InChI=1S/C21H16Br2FNO5S/c1-2-29-18(26)10-25-20(27)17(31-21(25)28)9-13-7-15(22)19(16(23)8-13)30-11-12-3-5-14(24)6-4-12/h3-9H,2,10-11H2,1H3/b17-9-. The Morgan fingerprint density at radius 1 is 1.16 bits per heavy atom. The van der Waals surface area contributed by atoms with E-state index in [2.05, 4.69) is 31.9 Å². The molecule has 6 nitrogen and oxygen atoms in total. The Balaban J connectivity index is 1.74. The number of hydrogen-bond acceptors (Lipinski definition) is 6. The Morgan fingerprint density at radius 3 is 2.42 bits per heavy atom. The molecule has 162 valence electrons. The molecule has 2 amide bonds. The highest BCUT2D eigenvalue weighted by molar-refractivity contribution is 9.11. The van der Waals surface area contributed by atoms with Gasteiger partial charge in [0.2, 0.25) is 0 Å². The van der Waals surface area contributed by atoms with E-state index >= 15 is 0 Å². The molecule has 0 N–H and O–H groups in total. The molecular weight excluding hydrogens is 557 g/mol. The van der Waals surface area contributed by atoms with Gasteiger partial charge in [0.25, 0.3) is 11.1 Å². The summed E-state index contributed by atoms with van der Waals surface area (Å²) in [4.78, 5) is 37.3. The van der Waals surface area contributed by atoms with Gasteiger partial charge in [0.15, 0.2) is 0 Å². The van der Waals surface area contributed by atoms with Gasteiger partial charge >= 0.3 is 5.97 Å². The van der Waals surface area contributed by atoms with Gasteiger partial charge in [0, 0.05) is 0 Å². The van der Waals surface area contributed by atoms with Gasteiger partial charge < -0.3 is 9.47 Å². The fourth-order valence-corrected chi connectivity index (χ4v) is 4.95. The lowest BCUT2D eigenvalue weighted by Crippen LogP contribution is -2.34. The van der Waals surface area contributed by atoms with Gasteiger partial charge in [-0.1, -0.05) is 12.1 Å². The van der Waals surface area contributed by atoms with E-state index in [0.717, 1.165) is 22.2 Å². The van der Waals surface area contributed by atoms with Crippen molar-refractivity contribution in [3.8, 4) is 5.75 Å². The molecule has 2 aromatic rings. The van der Waals surface area contributed by atoms with Gasteiger partial charge in [-0.05, 0) is 92.0 Å². The molecule has 0 radical (unpaired) electrons. The van der Waals surface area contributed by atoms with Crippen molar-refractivity contribution in [1.82, 2.24) is 4.90 Å². The van der Waals surface area contributed by atoms with Crippen LogP contribution in [0.1, 0.15) is 18.1 Å². The molecule has 0 aliphatic carbocycles. The number of ether oxygens (including phenoxy) is 2. The van der Waals surface area contributed by atoms with Crippen LogP contribution in [0.4, 0.5) is 9.18 Å². The van der Waals surface area contributed by atoms with Gasteiger partial charge in [-0.25, -0.2) is 4.39 Å². The van der Waals surface area contributed by atoms with E-state index in [-0.39, 0.29) is 23.9 Å². The number of thioether (sulfide) groups is 1. The Bertz CT molecular complexity index is 1040. The number of esters is 1. The number of imide groups is 1. The Kier molecular flexibility index (Phi) is 7.90. The van der Waals surface area contributed by atoms with Crippen molar-refractivity contribution in [2.45, 2.75) is 13.5 Å². The second kappa shape index (κ2) is 10.4. The van der Waals surface area contributed by atoms with Crippen molar-refractivity contribution < 1.29 is 28.2 Å².